The molecule has 1 N–H and O–H groups in total. The lowest BCUT2D eigenvalue weighted by atomic mass is 10.1. The van der Waals surface area contributed by atoms with Crippen LogP contribution >= 0.6 is 0 Å². The second-order valence-electron chi connectivity index (χ2n) is 3.25. The quantitative estimate of drug-likeness (QED) is 0.770. The van der Waals surface area contributed by atoms with Crippen molar-refractivity contribution in [3.8, 4) is 0 Å². The average molecular weight is 206 g/mol. The molecule has 0 radical (unpaired) electrons. The molecule has 0 saturated carbocycles. The Kier molecular flexibility index (Phi) is 3.50. The molecular weight excluding hydrogens is 192 g/mol. The van der Waals surface area contributed by atoms with Crippen molar-refractivity contribution >= 4 is 11.7 Å². The van der Waals surface area contributed by atoms with Crippen molar-refractivity contribution < 1.29 is 14.6 Å². The van der Waals surface area contributed by atoms with Crippen LogP contribution in [-0.2, 0) is 4.74 Å². The third kappa shape index (κ3) is 2.84. The molecule has 1 aromatic carbocycles. The number of benzene rings is 1. The van der Waals surface area contributed by atoms with Crippen LogP contribution in [0.5, 0.6) is 0 Å². The van der Waals surface area contributed by atoms with Crippen molar-refractivity contribution in [3.63, 3.8) is 0 Å². The topological polar surface area (TPSA) is 46.5 Å². The van der Waals surface area contributed by atoms with E-state index in [0.29, 0.717) is 17.9 Å². The summed E-state index contributed by atoms with van der Waals surface area (Å²) in [6.07, 6.45) is 0. The molecule has 80 valence electrons. The van der Waals surface area contributed by atoms with Gasteiger partial charge < -0.3 is 9.84 Å². The van der Waals surface area contributed by atoms with Gasteiger partial charge in [-0.05, 0) is 37.6 Å². The van der Waals surface area contributed by atoms with Crippen LogP contribution in [0.1, 0.15) is 28.4 Å². The van der Waals surface area contributed by atoms with Gasteiger partial charge in [-0.2, -0.15) is 0 Å². The van der Waals surface area contributed by atoms with E-state index in [4.69, 9.17) is 9.84 Å². The fourth-order valence-corrected chi connectivity index (χ4v) is 1.33. The van der Waals surface area contributed by atoms with Crippen molar-refractivity contribution in [1.82, 2.24) is 0 Å². The first-order valence-corrected chi connectivity index (χ1v) is 4.71. The molecule has 0 fully saturated rings. The maximum absolute atomic E-state index is 10.8. The number of rotatable bonds is 4. The predicted molar refractivity (Wildman–Crippen MR) is 58.8 cm³/mol. The van der Waals surface area contributed by atoms with Gasteiger partial charge in [0.1, 0.15) is 5.76 Å². The Morgan fingerprint density at radius 3 is 2.53 bits per heavy atom. The van der Waals surface area contributed by atoms with Crippen molar-refractivity contribution in [2.24, 2.45) is 0 Å². The van der Waals surface area contributed by atoms with E-state index in [-0.39, 0.29) is 5.56 Å². The molecule has 1 aromatic rings. The van der Waals surface area contributed by atoms with Crippen LogP contribution in [0, 0.1) is 6.92 Å². The summed E-state index contributed by atoms with van der Waals surface area (Å²) in [5.41, 5.74) is 1.85. The highest BCUT2D eigenvalue weighted by molar-refractivity contribution is 5.89. The number of hydrogen-bond donors (Lipinski definition) is 1. The molecule has 0 spiro atoms. The molecule has 3 heteroatoms. The fraction of sp³-hybridized carbons (Fsp3) is 0.250. The van der Waals surface area contributed by atoms with E-state index in [9.17, 15) is 4.79 Å². The lowest BCUT2D eigenvalue weighted by Gasteiger charge is -2.08. The first kappa shape index (κ1) is 11.3. The number of aryl methyl sites for hydroxylation is 1. The standard InChI is InChI=1S/C12H14O3/c1-4-15-9(3)10-5-8(2)6-11(7-10)12(13)14/h5-7H,3-4H2,1-2H3,(H,13,14). The summed E-state index contributed by atoms with van der Waals surface area (Å²) in [6, 6.07) is 5.03. The molecule has 0 unspecified atom stereocenters. The van der Waals surface area contributed by atoms with Crippen LogP contribution in [0.15, 0.2) is 24.8 Å². The maximum Gasteiger partial charge on any atom is 0.335 e. The van der Waals surface area contributed by atoms with Gasteiger partial charge in [-0.3, -0.25) is 0 Å². The van der Waals surface area contributed by atoms with E-state index in [1.807, 2.05) is 19.9 Å². The van der Waals surface area contributed by atoms with Crippen LogP contribution in [-0.4, -0.2) is 17.7 Å². The van der Waals surface area contributed by atoms with Crippen LogP contribution in [0.4, 0.5) is 0 Å². The van der Waals surface area contributed by atoms with Crippen LogP contribution in [0.25, 0.3) is 5.76 Å². The highest BCUT2D eigenvalue weighted by Crippen LogP contribution is 2.17. The summed E-state index contributed by atoms with van der Waals surface area (Å²) >= 11 is 0. The molecule has 0 aliphatic heterocycles. The highest BCUT2D eigenvalue weighted by Gasteiger charge is 2.07. The lowest BCUT2D eigenvalue weighted by Crippen LogP contribution is -1.99. The van der Waals surface area contributed by atoms with Gasteiger partial charge in [0, 0.05) is 5.56 Å². The maximum atomic E-state index is 10.8. The zero-order valence-electron chi connectivity index (χ0n) is 8.91. The van der Waals surface area contributed by atoms with E-state index in [1.54, 1.807) is 12.1 Å². The third-order valence-electron chi connectivity index (χ3n) is 1.96. The molecule has 3 nitrogen and oxygen atoms in total. The van der Waals surface area contributed by atoms with E-state index < -0.39 is 5.97 Å². The zero-order chi connectivity index (χ0) is 11.4. The number of carboxylic acid groups (broad SMARTS) is 1. The van der Waals surface area contributed by atoms with Gasteiger partial charge in [-0.15, -0.1) is 0 Å². The van der Waals surface area contributed by atoms with E-state index in [0.717, 1.165) is 5.56 Å². The summed E-state index contributed by atoms with van der Waals surface area (Å²) in [7, 11) is 0. The van der Waals surface area contributed by atoms with Crippen molar-refractivity contribution in [2.45, 2.75) is 13.8 Å². The van der Waals surface area contributed by atoms with Crippen LogP contribution < -0.4 is 0 Å². The Bertz CT molecular complexity index is 394. The molecule has 1 rings (SSSR count). The Balaban J connectivity index is 3.09. The minimum absolute atomic E-state index is 0.255. The van der Waals surface area contributed by atoms with Gasteiger partial charge >= 0.3 is 5.97 Å². The van der Waals surface area contributed by atoms with Gasteiger partial charge in [-0.1, -0.05) is 6.58 Å². The summed E-state index contributed by atoms with van der Waals surface area (Å²) in [5, 5.41) is 8.87. The number of carboxylic acids is 1. The van der Waals surface area contributed by atoms with Crippen molar-refractivity contribution in [1.29, 1.82) is 0 Å². The minimum atomic E-state index is -0.941. The number of aromatic carboxylic acids is 1. The first-order chi connectivity index (χ1) is 7.04. The SMILES string of the molecule is C=C(OCC)c1cc(C)cc(C(=O)O)c1. The Labute approximate surface area is 89.0 Å². The van der Waals surface area contributed by atoms with Crippen LogP contribution in [0.3, 0.4) is 0 Å². The second-order valence-corrected chi connectivity index (χ2v) is 3.25. The first-order valence-electron chi connectivity index (χ1n) is 4.71. The van der Waals surface area contributed by atoms with Gasteiger partial charge in [0.2, 0.25) is 0 Å². The third-order valence-corrected chi connectivity index (χ3v) is 1.96. The molecular formula is C12H14O3. The monoisotopic (exact) mass is 206 g/mol. The molecule has 15 heavy (non-hydrogen) atoms. The van der Waals surface area contributed by atoms with Gasteiger partial charge in [-0.25, -0.2) is 4.79 Å². The molecule has 0 atom stereocenters. The average Bonchev–Trinajstić information content (AvgIpc) is 2.17. The van der Waals surface area contributed by atoms with Gasteiger partial charge in [0.15, 0.2) is 0 Å². The lowest BCUT2D eigenvalue weighted by molar-refractivity contribution is 0.0696. The molecule has 0 saturated heterocycles. The summed E-state index contributed by atoms with van der Waals surface area (Å²) in [6.45, 7) is 7.97. The number of carbonyl (C=O) groups is 1. The summed E-state index contributed by atoms with van der Waals surface area (Å²) in [5.74, 6) is -0.437. The molecule has 0 aromatic heterocycles. The summed E-state index contributed by atoms with van der Waals surface area (Å²) < 4.78 is 5.23. The highest BCUT2D eigenvalue weighted by atomic mass is 16.5. The largest absolute Gasteiger partial charge is 0.494 e. The van der Waals surface area contributed by atoms with E-state index in [1.165, 1.54) is 0 Å². The van der Waals surface area contributed by atoms with E-state index in [2.05, 4.69) is 6.58 Å². The van der Waals surface area contributed by atoms with Crippen molar-refractivity contribution in [3.05, 3.63) is 41.5 Å². The van der Waals surface area contributed by atoms with Crippen LogP contribution in [0.2, 0.25) is 0 Å². The Morgan fingerprint density at radius 1 is 1.40 bits per heavy atom. The normalized spacial score (nSPS) is 9.73. The zero-order valence-corrected chi connectivity index (χ0v) is 8.91. The van der Waals surface area contributed by atoms with Gasteiger partial charge in [0.25, 0.3) is 0 Å². The minimum Gasteiger partial charge on any atom is -0.494 e. The van der Waals surface area contributed by atoms with E-state index >= 15 is 0 Å². The predicted octanol–water partition coefficient (Wildman–Crippen LogP) is 2.70. The smallest absolute Gasteiger partial charge is 0.335 e. The number of hydrogen-bond acceptors (Lipinski definition) is 2. The van der Waals surface area contributed by atoms with Gasteiger partial charge in [0.05, 0.1) is 12.2 Å². The molecule has 0 heterocycles. The molecule has 0 aliphatic carbocycles. The Hall–Kier alpha value is -1.77. The fourth-order valence-electron chi connectivity index (χ4n) is 1.33. The summed E-state index contributed by atoms with van der Waals surface area (Å²) in [4.78, 5) is 10.8. The molecule has 0 bridgehead atoms. The second kappa shape index (κ2) is 4.64. The number of ether oxygens (including phenoxy) is 1. The molecule has 0 aliphatic rings. The van der Waals surface area contributed by atoms with Crippen molar-refractivity contribution in [2.75, 3.05) is 6.61 Å². The Morgan fingerprint density at radius 2 is 2.00 bits per heavy atom. The molecule has 0 amide bonds.